The number of nitrogens with zero attached hydrogens (tertiary/aromatic N) is 2. The number of fused-ring (bicyclic) bond motifs is 3. The molecule has 1 fully saturated rings. The smallest absolute Gasteiger partial charge is 0.138 e. The van der Waals surface area contributed by atoms with Crippen molar-refractivity contribution in [3.05, 3.63) is 16.8 Å². The molecular formula is C12H13N3S. The van der Waals surface area contributed by atoms with Gasteiger partial charge in [0.1, 0.15) is 17.0 Å². The minimum absolute atomic E-state index is 0.662. The third kappa shape index (κ3) is 1.26. The quantitative estimate of drug-likeness (QED) is 0.863. The minimum atomic E-state index is 0.662. The third-order valence-corrected chi connectivity index (χ3v) is 4.62. The second-order valence-electron chi connectivity index (χ2n) is 4.68. The molecule has 2 aliphatic carbocycles. The van der Waals surface area contributed by atoms with Crippen LogP contribution in [0.1, 0.15) is 29.7 Å². The van der Waals surface area contributed by atoms with Crippen molar-refractivity contribution in [2.24, 2.45) is 0 Å². The monoisotopic (exact) mass is 231 g/mol. The molecule has 4 rings (SSSR count). The van der Waals surface area contributed by atoms with Crippen LogP contribution in [0.3, 0.4) is 0 Å². The van der Waals surface area contributed by atoms with Crippen LogP contribution in [-0.2, 0) is 12.8 Å². The van der Waals surface area contributed by atoms with Gasteiger partial charge in [-0.2, -0.15) is 0 Å². The Bertz CT molecular complexity index is 557. The lowest BCUT2D eigenvalue weighted by Crippen LogP contribution is -2.04. The largest absolute Gasteiger partial charge is 0.367 e. The summed E-state index contributed by atoms with van der Waals surface area (Å²) in [5.41, 5.74) is 1.52. The molecule has 2 heterocycles. The van der Waals surface area contributed by atoms with Crippen LogP contribution < -0.4 is 5.32 Å². The fraction of sp³-hybridized carbons (Fsp3) is 0.500. The van der Waals surface area contributed by atoms with Crippen LogP contribution in [0.5, 0.6) is 0 Å². The molecule has 0 saturated heterocycles. The van der Waals surface area contributed by atoms with Gasteiger partial charge in [0, 0.05) is 10.9 Å². The van der Waals surface area contributed by atoms with Gasteiger partial charge in [0.05, 0.1) is 5.39 Å². The lowest BCUT2D eigenvalue weighted by molar-refractivity contribution is 0.917. The highest BCUT2D eigenvalue weighted by Crippen LogP contribution is 2.40. The number of thiophene rings is 1. The Hall–Kier alpha value is -1.16. The van der Waals surface area contributed by atoms with Crippen LogP contribution in [0.4, 0.5) is 5.82 Å². The van der Waals surface area contributed by atoms with Crippen LogP contribution >= 0.6 is 11.3 Å². The summed E-state index contributed by atoms with van der Waals surface area (Å²) in [7, 11) is 0. The van der Waals surface area contributed by atoms with E-state index in [-0.39, 0.29) is 0 Å². The minimum Gasteiger partial charge on any atom is -0.367 e. The second kappa shape index (κ2) is 3.17. The van der Waals surface area contributed by atoms with Gasteiger partial charge in [-0.3, -0.25) is 0 Å². The Morgan fingerprint density at radius 1 is 1.25 bits per heavy atom. The normalized spacial score (nSPS) is 19.0. The molecule has 0 spiro atoms. The van der Waals surface area contributed by atoms with Gasteiger partial charge in [0.25, 0.3) is 0 Å². The van der Waals surface area contributed by atoms with Crippen molar-refractivity contribution in [2.45, 2.75) is 38.1 Å². The number of nitrogens with one attached hydrogen (secondary N) is 1. The van der Waals surface area contributed by atoms with E-state index >= 15 is 0 Å². The van der Waals surface area contributed by atoms with Crippen molar-refractivity contribution in [3.8, 4) is 0 Å². The summed E-state index contributed by atoms with van der Waals surface area (Å²) in [6.45, 7) is 0. The van der Waals surface area contributed by atoms with E-state index in [2.05, 4.69) is 15.3 Å². The Labute approximate surface area is 97.9 Å². The number of rotatable bonds is 2. The summed E-state index contributed by atoms with van der Waals surface area (Å²) in [5, 5.41) is 4.84. The molecule has 0 atom stereocenters. The highest BCUT2D eigenvalue weighted by atomic mass is 32.1. The molecule has 0 radical (unpaired) electrons. The van der Waals surface area contributed by atoms with Gasteiger partial charge >= 0.3 is 0 Å². The molecule has 2 aliphatic rings. The molecule has 2 aromatic heterocycles. The van der Waals surface area contributed by atoms with E-state index in [0.717, 1.165) is 5.82 Å². The van der Waals surface area contributed by atoms with Crippen molar-refractivity contribution in [2.75, 3.05) is 5.32 Å². The van der Waals surface area contributed by atoms with E-state index in [0.29, 0.717) is 6.04 Å². The first-order chi connectivity index (χ1) is 7.92. The van der Waals surface area contributed by atoms with Crippen molar-refractivity contribution >= 4 is 27.4 Å². The summed E-state index contributed by atoms with van der Waals surface area (Å²) in [5.74, 6) is 1.08. The maximum Gasteiger partial charge on any atom is 0.138 e. The first-order valence-corrected chi connectivity index (χ1v) is 6.75. The summed E-state index contributed by atoms with van der Waals surface area (Å²) in [4.78, 5) is 11.5. The van der Waals surface area contributed by atoms with Crippen molar-refractivity contribution in [1.29, 1.82) is 0 Å². The zero-order valence-electron chi connectivity index (χ0n) is 8.99. The Morgan fingerprint density at radius 3 is 3.06 bits per heavy atom. The van der Waals surface area contributed by atoms with Crippen molar-refractivity contribution < 1.29 is 0 Å². The highest BCUT2D eigenvalue weighted by molar-refractivity contribution is 7.19. The summed E-state index contributed by atoms with van der Waals surface area (Å²) in [6.07, 6.45) is 8.02. The van der Waals surface area contributed by atoms with E-state index in [1.807, 2.05) is 11.3 Å². The first kappa shape index (κ1) is 8.93. The molecule has 82 valence electrons. The van der Waals surface area contributed by atoms with E-state index < -0.39 is 0 Å². The lowest BCUT2D eigenvalue weighted by Gasteiger charge is -2.05. The maximum absolute atomic E-state index is 4.42. The molecule has 3 nitrogen and oxygen atoms in total. The average molecular weight is 231 g/mol. The van der Waals surface area contributed by atoms with Gasteiger partial charge in [-0.15, -0.1) is 11.3 Å². The molecule has 0 bridgehead atoms. The highest BCUT2D eigenvalue weighted by Gasteiger charge is 2.25. The number of aryl methyl sites for hydroxylation is 2. The number of aromatic nitrogens is 2. The van der Waals surface area contributed by atoms with Crippen molar-refractivity contribution in [3.63, 3.8) is 0 Å². The number of hydrogen-bond acceptors (Lipinski definition) is 4. The van der Waals surface area contributed by atoms with Crippen LogP contribution in [0.2, 0.25) is 0 Å². The maximum atomic E-state index is 4.42. The van der Waals surface area contributed by atoms with Crippen LogP contribution in [0.15, 0.2) is 6.33 Å². The van der Waals surface area contributed by atoms with E-state index in [4.69, 9.17) is 0 Å². The van der Waals surface area contributed by atoms with Crippen LogP contribution in [0, 0.1) is 0 Å². The summed E-state index contributed by atoms with van der Waals surface area (Å²) < 4.78 is 0. The van der Waals surface area contributed by atoms with E-state index in [1.165, 1.54) is 52.8 Å². The van der Waals surface area contributed by atoms with Gasteiger partial charge in [-0.05, 0) is 37.7 Å². The average Bonchev–Trinajstić information content (AvgIpc) is 2.86. The van der Waals surface area contributed by atoms with Gasteiger partial charge in [-0.25, -0.2) is 9.97 Å². The van der Waals surface area contributed by atoms with Gasteiger partial charge < -0.3 is 5.32 Å². The second-order valence-corrected chi connectivity index (χ2v) is 5.76. The van der Waals surface area contributed by atoms with Crippen LogP contribution in [0.25, 0.3) is 10.2 Å². The Balaban J connectivity index is 1.92. The Kier molecular flexibility index (Phi) is 1.77. The predicted molar refractivity (Wildman–Crippen MR) is 66.1 cm³/mol. The molecule has 16 heavy (non-hydrogen) atoms. The molecular weight excluding hydrogens is 218 g/mol. The molecule has 0 aromatic carbocycles. The number of hydrogen-bond donors (Lipinski definition) is 1. The molecule has 1 N–H and O–H groups in total. The molecule has 0 aliphatic heterocycles. The van der Waals surface area contributed by atoms with Crippen LogP contribution in [-0.4, -0.2) is 16.0 Å². The topological polar surface area (TPSA) is 37.8 Å². The zero-order chi connectivity index (χ0) is 10.5. The van der Waals surface area contributed by atoms with Gasteiger partial charge in [0.2, 0.25) is 0 Å². The molecule has 1 saturated carbocycles. The SMILES string of the molecule is c1nc(NC2CC2)c2c3c(sc2n1)CCC3. The summed E-state index contributed by atoms with van der Waals surface area (Å²) in [6, 6.07) is 0.662. The predicted octanol–water partition coefficient (Wildman–Crippen LogP) is 2.75. The van der Waals surface area contributed by atoms with E-state index in [1.54, 1.807) is 6.33 Å². The van der Waals surface area contributed by atoms with E-state index in [9.17, 15) is 0 Å². The third-order valence-electron chi connectivity index (χ3n) is 3.42. The molecule has 0 unspecified atom stereocenters. The first-order valence-electron chi connectivity index (χ1n) is 5.93. The van der Waals surface area contributed by atoms with Crippen molar-refractivity contribution in [1.82, 2.24) is 9.97 Å². The molecule has 0 amide bonds. The number of anilines is 1. The molecule has 2 aromatic rings. The molecule has 4 heteroatoms. The Morgan fingerprint density at radius 2 is 2.19 bits per heavy atom. The zero-order valence-corrected chi connectivity index (χ0v) is 9.81. The summed E-state index contributed by atoms with van der Waals surface area (Å²) >= 11 is 1.86. The standard InChI is InChI=1S/C12H13N3S/c1-2-8-9(3-1)16-12-10(8)11(13-6-14-12)15-7-4-5-7/h6-7H,1-5H2,(H,13,14,15). The van der Waals surface area contributed by atoms with Gasteiger partial charge in [0.15, 0.2) is 0 Å². The fourth-order valence-corrected chi connectivity index (χ4v) is 3.69. The lowest BCUT2D eigenvalue weighted by atomic mass is 10.2. The van der Waals surface area contributed by atoms with Gasteiger partial charge in [-0.1, -0.05) is 0 Å². The fourth-order valence-electron chi connectivity index (χ4n) is 2.46.